The molecule has 3 heteroatoms. The number of nitrogens with one attached hydrogen (secondary N) is 1. The lowest BCUT2D eigenvalue weighted by Gasteiger charge is -2.17. The average Bonchev–Trinajstić information content (AvgIpc) is 2.31. The van der Waals surface area contributed by atoms with Gasteiger partial charge in [-0.3, -0.25) is 0 Å². The van der Waals surface area contributed by atoms with E-state index >= 15 is 0 Å². The zero-order valence-electron chi connectivity index (χ0n) is 10.9. The van der Waals surface area contributed by atoms with Gasteiger partial charge in [-0.1, -0.05) is 26.0 Å². The molecule has 0 amide bonds. The van der Waals surface area contributed by atoms with Gasteiger partial charge in [0.25, 0.3) is 0 Å². The summed E-state index contributed by atoms with van der Waals surface area (Å²) in [5, 5.41) is 3.30. The lowest BCUT2D eigenvalue weighted by Crippen LogP contribution is -2.28. The van der Waals surface area contributed by atoms with Crippen molar-refractivity contribution >= 4 is 11.8 Å². The van der Waals surface area contributed by atoms with Crippen molar-refractivity contribution in [3.8, 4) is 0 Å². The molecule has 1 atom stereocenters. The van der Waals surface area contributed by atoms with Gasteiger partial charge in [0.1, 0.15) is 5.82 Å². The highest BCUT2D eigenvalue weighted by molar-refractivity contribution is 7.99. The zero-order valence-corrected chi connectivity index (χ0v) is 11.7. The Bertz CT molecular complexity index is 328. The van der Waals surface area contributed by atoms with Gasteiger partial charge >= 0.3 is 0 Å². The predicted octanol–water partition coefficient (Wildman–Crippen LogP) is 3.94. The molecule has 1 rings (SSSR count). The molecule has 0 bridgehead atoms. The molecule has 0 heterocycles. The summed E-state index contributed by atoms with van der Waals surface area (Å²) >= 11 is 1.59. The molecule has 1 aromatic rings. The van der Waals surface area contributed by atoms with E-state index in [4.69, 9.17) is 0 Å². The highest BCUT2D eigenvalue weighted by Gasteiger charge is 2.09. The summed E-state index contributed by atoms with van der Waals surface area (Å²) in [4.78, 5) is 0.747. The van der Waals surface area contributed by atoms with Gasteiger partial charge in [-0.2, -0.15) is 0 Å². The molecule has 0 saturated carbocycles. The molecule has 1 aromatic carbocycles. The van der Waals surface area contributed by atoms with E-state index in [9.17, 15) is 4.39 Å². The van der Waals surface area contributed by atoms with Gasteiger partial charge in [-0.05, 0) is 37.9 Å². The number of hydrogen-bond acceptors (Lipinski definition) is 2. The van der Waals surface area contributed by atoms with Crippen LogP contribution >= 0.6 is 11.8 Å². The lowest BCUT2D eigenvalue weighted by atomic mass is 10.0. The van der Waals surface area contributed by atoms with E-state index in [0.29, 0.717) is 6.04 Å². The molecule has 0 fully saturated rings. The molecule has 0 saturated heterocycles. The van der Waals surface area contributed by atoms with Crippen LogP contribution in [0.4, 0.5) is 4.39 Å². The number of benzene rings is 1. The molecule has 1 nitrogen and oxygen atoms in total. The van der Waals surface area contributed by atoms with Crippen molar-refractivity contribution in [1.29, 1.82) is 0 Å². The number of rotatable bonds is 7. The highest BCUT2D eigenvalue weighted by Crippen LogP contribution is 2.23. The zero-order chi connectivity index (χ0) is 12.7. The quantitative estimate of drug-likeness (QED) is 0.741. The molecule has 96 valence electrons. The first-order valence-corrected chi connectivity index (χ1v) is 7.16. The second-order valence-electron chi connectivity index (χ2n) is 4.70. The molecular weight excluding hydrogens is 233 g/mol. The molecule has 0 aliphatic carbocycles. The van der Waals surface area contributed by atoms with Crippen LogP contribution in [0, 0.1) is 11.7 Å². The van der Waals surface area contributed by atoms with Crippen LogP contribution in [-0.2, 0) is 0 Å². The summed E-state index contributed by atoms with van der Waals surface area (Å²) < 4.78 is 13.4. The number of halogens is 1. The first-order chi connectivity index (χ1) is 8.13. The van der Waals surface area contributed by atoms with E-state index in [2.05, 4.69) is 19.2 Å². The maximum absolute atomic E-state index is 13.4. The van der Waals surface area contributed by atoms with Gasteiger partial charge < -0.3 is 5.32 Å². The van der Waals surface area contributed by atoms with Crippen LogP contribution in [0.2, 0.25) is 0 Å². The molecule has 0 aliphatic heterocycles. The SMILES string of the molecule is CNC(CCC(C)C)CSc1ccccc1F. The van der Waals surface area contributed by atoms with E-state index in [1.165, 1.54) is 12.5 Å². The number of thioether (sulfide) groups is 1. The summed E-state index contributed by atoms with van der Waals surface area (Å²) in [5.41, 5.74) is 0. The van der Waals surface area contributed by atoms with E-state index in [1.54, 1.807) is 17.8 Å². The summed E-state index contributed by atoms with van der Waals surface area (Å²) in [5.74, 6) is 1.53. The summed E-state index contributed by atoms with van der Waals surface area (Å²) in [6.07, 6.45) is 2.36. The van der Waals surface area contributed by atoms with Gasteiger partial charge in [0.15, 0.2) is 0 Å². The Morgan fingerprint density at radius 2 is 1.94 bits per heavy atom. The van der Waals surface area contributed by atoms with Crippen LogP contribution in [0.25, 0.3) is 0 Å². The van der Waals surface area contributed by atoms with E-state index < -0.39 is 0 Å². The smallest absolute Gasteiger partial charge is 0.136 e. The molecule has 1 N–H and O–H groups in total. The minimum Gasteiger partial charge on any atom is -0.316 e. The van der Waals surface area contributed by atoms with Crippen LogP contribution in [0.3, 0.4) is 0 Å². The first kappa shape index (κ1) is 14.5. The van der Waals surface area contributed by atoms with Crippen molar-refractivity contribution in [2.75, 3.05) is 12.8 Å². The summed E-state index contributed by atoms with van der Waals surface area (Å²) in [6, 6.07) is 7.43. The largest absolute Gasteiger partial charge is 0.316 e. The minimum absolute atomic E-state index is 0.115. The van der Waals surface area contributed by atoms with Crippen LogP contribution in [0.15, 0.2) is 29.2 Å². The summed E-state index contributed by atoms with van der Waals surface area (Å²) in [6.45, 7) is 4.47. The van der Waals surface area contributed by atoms with E-state index in [1.807, 2.05) is 19.2 Å². The fourth-order valence-electron chi connectivity index (χ4n) is 1.60. The topological polar surface area (TPSA) is 12.0 Å². The molecule has 1 unspecified atom stereocenters. The van der Waals surface area contributed by atoms with Gasteiger partial charge in [-0.25, -0.2) is 4.39 Å². The first-order valence-electron chi connectivity index (χ1n) is 6.18. The molecule has 0 spiro atoms. The maximum Gasteiger partial charge on any atom is 0.136 e. The second-order valence-corrected chi connectivity index (χ2v) is 5.76. The monoisotopic (exact) mass is 255 g/mol. The second kappa shape index (κ2) is 7.72. The van der Waals surface area contributed by atoms with Crippen molar-refractivity contribution in [1.82, 2.24) is 5.32 Å². The normalized spacial score (nSPS) is 13.0. The Balaban J connectivity index is 2.40. The van der Waals surface area contributed by atoms with Crippen LogP contribution in [0.1, 0.15) is 26.7 Å². The van der Waals surface area contributed by atoms with Crippen molar-refractivity contribution < 1.29 is 4.39 Å². The third-order valence-electron chi connectivity index (χ3n) is 2.78. The van der Waals surface area contributed by atoms with Gasteiger partial charge in [-0.15, -0.1) is 11.8 Å². The van der Waals surface area contributed by atoms with Crippen LogP contribution in [0.5, 0.6) is 0 Å². The maximum atomic E-state index is 13.4. The molecule has 0 aliphatic rings. The standard InChI is InChI=1S/C14H22FNS/c1-11(2)8-9-12(16-3)10-17-14-7-5-4-6-13(14)15/h4-7,11-12,16H,8-10H2,1-3H3. The molecule has 0 radical (unpaired) electrons. The van der Waals surface area contributed by atoms with Gasteiger partial charge in [0.05, 0.1) is 0 Å². The molecule has 17 heavy (non-hydrogen) atoms. The average molecular weight is 255 g/mol. The third-order valence-corrected chi connectivity index (χ3v) is 3.99. The fourth-order valence-corrected chi connectivity index (χ4v) is 2.69. The van der Waals surface area contributed by atoms with E-state index in [-0.39, 0.29) is 5.82 Å². The lowest BCUT2D eigenvalue weighted by molar-refractivity contribution is 0.479. The van der Waals surface area contributed by atoms with Crippen molar-refractivity contribution in [2.24, 2.45) is 5.92 Å². The van der Waals surface area contributed by atoms with Crippen molar-refractivity contribution in [3.63, 3.8) is 0 Å². The number of hydrogen-bond donors (Lipinski definition) is 1. The van der Waals surface area contributed by atoms with Crippen LogP contribution < -0.4 is 5.32 Å². The highest BCUT2D eigenvalue weighted by atomic mass is 32.2. The third kappa shape index (κ3) is 5.55. The molecular formula is C14H22FNS. The Kier molecular flexibility index (Phi) is 6.60. The van der Waals surface area contributed by atoms with Crippen LogP contribution in [-0.4, -0.2) is 18.8 Å². The Morgan fingerprint density at radius 1 is 1.24 bits per heavy atom. The fraction of sp³-hybridized carbons (Fsp3) is 0.571. The summed E-state index contributed by atoms with van der Waals surface area (Å²) in [7, 11) is 1.98. The van der Waals surface area contributed by atoms with E-state index in [0.717, 1.165) is 23.0 Å². The minimum atomic E-state index is -0.115. The van der Waals surface area contributed by atoms with Crippen molar-refractivity contribution in [3.05, 3.63) is 30.1 Å². The predicted molar refractivity (Wildman–Crippen MR) is 74.0 cm³/mol. The Morgan fingerprint density at radius 3 is 2.53 bits per heavy atom. The Labute approximate surface area is 108 Å². The molecule has 0 aromatic heterocycles. The van der Waals surface area contributed by atoms with Crippen molar-refractivity contribution in [2.45, 2.75) is 37.6 Å². The Hall–Kier alpha value is -0.540. The van der Waals surface area contributed by atoms with Gasteiger partial charge in [0.2, 0.25) is 0 Å². The van der Waals surface area contributed by atoms with Gasteiger partial charge in [0, 0.05) is 16.7 Å².